The van der Waals surface area contributed by atoms with E-state index in [0.29, 0.717) is 33.5 Å². The molecule has 0 N–H and O–H groups in total. The molecule has 2 nitrogen and oxygen atoms in total. The van der Waals surface area contributed by atoms with Crippen molar-refractivity contribution in [2.24, 2.45) is 5.92 Å². The molecule has 0 spiro atoms. The second-order valence-electron chi connectivity index (χ2n) is 6.76. The van der Waals surface area contributed by atoms with Gasteiger partial charge in [0.15, 0.2) is 11.9 Å². The maximum Gasteiger partial charge on any atom is 0.377 e. The van der Waals surface area contributed by atoms with Crippen LogP contribution in [0.25, 0.3) is 0 Å². The first-order chi connectivity index (χ1) is 12.5. The summed E-state index contributed by atoms with van der Waals surface area (Å²) in [6.07, 6.45) is 5.04. The van der Waals surface area contributed by atoms with Crippen LogP contribution in [0.1, 0.15) is 61.0 Å². The highest BCUT2D eigenvalue weighted by Gasteiger charge is 2.30. The van der Waals surface area contributed by atoms with Gasteiger partial charge in [-0.25, -0.2) is 0 Å². The van der Waals surface area contributed by atoms with Crippen LogP contribution in [-0.4, -0.2) is 11.9 Å². The van der Waals surface area contributed by atoms with Crippen LogP contribution < -0.4 is 5.30 Å². The van der Waals surface area contributed by atoms with Crippen molar-refractivity contribution in [2.45, 2.75) is 46.5 Å². The minimum atomic E-state index is -1.61. The smallest absolute Gasteiger partial charge is 0.288 e. The molecule has 0 aliphatic rings. The summed E-state index contributed by atoms with van der Waals surface area (Å²) in [5, 5.41) is 1.09. The van der Waals surface area contributed by atoms with Crippen LogP contribution in [0.4, 0.5) is 0 Å². The third-order valence-corrected chi connectivity index (χ3v) is 6.92. The third-order valence-electron chi connectivity index (χ3n) is 4.83. The highest BCUT2D eigenvalue weighted by Crippen LogP contribution is 2.31. The zero-order valence-corrected chi connectivity index (χ0v) is 17.4. The number of carbonyl (C=O) groups excluding carboxylic acids is 1. The first-order valence-electron chi connectivity index (χ1n) is 9.33. The molecule has 2 rings (SSSR count). The average molecular weight is 390 g/mol. The maximum atomic E-state index is 13.1. The Kier molecular flexibility index (Phi) is 8.00. The molecular weight excluding hydrogens is 363 g/mol. The molecule has 0 saturated carbocycles. The highest BCUT2D eigenvalue weighted by atomic mass is 35.5. The fourth-order valence-electron chi connectivity index (χ4n) is 3.19. The lowest BCUT2D eigenvalue weighted by Gasteiger charge is -2.10. The molecule has 2 unspecified atom stereocenters. The molecule has 0 amide bonds. The Hall–Kier alpha value is -1.50. The van der Waals surface area contributed by atoms with Gasteiger partial charge in [-0.2, -0.15) is 0 Å². The quantitative estimate of drug-likeness (QED) is 0.360. The van der Waals surface area contributed by atoms with Gasteiger partial charge in [0.2, 0.25) is 5.30 Å². The molecule has 2 aromatic carbocycles. The van der Waals surface area contributed by atoms with Gasteiger partial charge >= 0.3 is 7.80 Å². The van der Waals surface area contributed by atoms with Crippen molar-refractivity contribution in [2.75, 3.05) is 6.16 Å². The predicted molar refractivity (Wildman–Crippen MR) is 111 cm³/mol. The number of hydrogen-bond donors (Lipinski definition) is 0. The monoisotopic (exact) mass is 389 g/mol. The molecule has 26 heavy (non-hydrogen) atoms. The Morgan fingerprint density at radius 1 is 1.12 bits per heavy atom. The van der Waals surface area contributed by atoms with E-state index in [4.69, 9.17) is 11.6 Å². The van der Waals surface area contributed by atoms with E-state index in [1.807, 2.05) is 37.3 Å². The molecule has 0 saturated heterocycles. The molecule has 4 heteroatoms. The molecular formula is C22H27ClO2P+. The lowest BCUT2D eigenvalue weighted by molar-refractivity contribution is 0.103. The van der Waals surface area contributed by atoms with Gasteiger partial charge < -0.3 is 0 Å². The predicted octanol–water partition coefficient (Wildman–Crippen LogP) is 6.55. The van der Waals surface area contributed by atoms with Crippen molar-refractivity contribution in [3.8, 4) is 0 Å². The Morgan fingerprint density at radius 2 is 1.85 bits per heavy atom. The van der Waals surface area contributed by atoms with Gasteiger partial charge in [0.25, 0.3) is 0 Å². The topological polar surface area (TPSA) is 34.1 Å². The molecule has 2 aromatic rings. The van der Waals surface area contributed by atoms with Gasteiger partial charge in [-0.05, 0) is 43.5 Å². The summed E-state index contributed by atoms with van der Waals surface area (Å²) >= 11 is 6.28. The number of unbranched alkanes of at least 4 members (excludes halogenated alkanes) is 1. The molecule has 0 bridgehead atoms. The summed E-state index contributed by atoms with van der Waals surface area (Å²) in [5.41, 5.74) is 1.85. The van der Waals surface area contributed by atoms with Gasteiger partial charge in [0.05, 0.1) is 10.6 Å². The number of halogens is 1. The van der Waals surface area contributed by atoms with E-state index >= 15 is 0 Å². The lowest BCUT2D eigenvalue weighted by atomic mass is 9.99. The zero-order valence-electron chi connectivity index (χ0n) is 15.8. The van der Waals surface area contributed by atoms with E-state index in [1.54, 1.807) is 12.1 Å². The zero-order chi connectivity index (χ0) is 19.1. The van der Waals surface area contributed by atoms with Crippen LogP contribution in [0.3, 0.4) is 0 Å². The summed E-state index contributed by atoms with van der Waals surface area (Å²) in [6, 6.07) is 12.7. The Morgan fingerprint density at radius 3 is 2.50 bits per heavy atom. The van der Waals surface area contributed by atoms with Crippen molar-refractivity contribution in [1.29, 1.82) is 0 Å². The molecule has 138 valence electrons. The maximum absolute atomic E-state index is 13.1. The number of aryl methyl sites for hydroxylation is 1. The van der Waals surface area contributed by atoms with Crippen LogP contribution in [-0.2, 0) is 4.57 Å². The van der Waals surface area contributed by atoms with Gasteiger partial charge in [-0.3, -0.25) is 4.79 Å². The highest BCUT2D eigenvalue weighted by molar-refractivity contribution is 7.53. The number of hydrogen-bond acceptors (Lipinski definition) is 2. The van der Waals surface area contributed by atoms with E-state index in [0.717, 1.165) is 31.2 Å². The second-order valence-corrected chi connectivity index (χ2v) is 8.77. The third kappa shape index (κ3) is 5.02. The van der Waals surface area contributed by atoms with Crippen LogP contribution in [0.15, 0.2) is 42.5 Å². The number of carbonyl (C=O) groups is 1. The van der Waals surface area contributed by atoms with Gasteiger partial charge in [0.1, 0.15) is 0 Å². The summed E-state index contributed by atoms with van der Waals surface area (Å²) in [4.78, 5) is 13.1. The van der Waals surface area contributed by atoms with E-state index in [-0.39, 0.29) is 5.78 Å². The fourth-order valence-corrected chi connectivity index (χ4v) is 5.30. The van der Waals surface area contributed by atoms with E-state index in [1.165, 1.54) is 0 Å². The van der Waals surface area contributed by atoms with Crippen molar-refractivity contribution < 1.29 is 9.36 Å². The Bertz CT molecular complexity index is 765. The minimum absolute atomic E-state index is 0.145. The largest absolute Gasteiger partial charge is 0.377 e. The summed E-state index contributed by atoms with van der Waals surface area (Å²) in [7, 11) is -1.61. The molecule has 0 aromatic heterocycles. The second kappa shape index (κ2) is 10.00. The SMILES string of the molecule is CCCCC(CC)C[P+](=O)c1ccccc1C(=O)c1c(C)cccc1Cl. The fraction of sp³-hybridized carbons (Fsp3) is 0.409. The summed E-state index contributed by atoms with van der Waals surface area (Å²) < 4.78 is 13.1. The summed E-state index contributed by atoms with van der Waals surface area (Å²) in [5.74, 6) is 0.289. The lowest BCUT2D eigenvalue weighted by Crippen LogP contribution is -2.17. The number of ketones is 1. The van der Waals surface area contributed by atoms with Crippen molar-refractivity contribution >= 4 is 30.5 Å². The molecule has 0 radical (unpaired) electrons. The van der Waals surface area contributed by atoms with Gasteiger partial charge in [-0.1, -0.05) is 67.1 Å². The molecule has 0 heterocycles. The minimum Gasteiger partial charge on any atom is -0.288 e. The molecule has 0 fully saturated rings. The van der Waals surface area contributed by atoms with E-state index in [2.05, 4.69) is 13.8 Å². The van der Waals surface area contributed by atoms with Crippen molar-refractivity contribution in [3.63, 3.8) is 0 Å². The first-order valence-corrected chi connectivity index (χ1v) is 11.1. The molecule has 0 aliphatic carbocycles. The number of benzene rings is 2. The average Bonchev–Trinajstić information content (AvgIpc) is 2.64. The molecule has 2 atom stereocenters. The number of rotatable bonds is 9. The summed E-state index contributed by atoms with van der Waals surface area (Å²) in [6.45, 7) is 6.19. The van der Waals surface area contributed by atoms with E-state index < -0.39 is 7.80 Å². The standard InChI is InChI=1S/C22H27ClO2P/c1-4-6-11-17(5-2)15-26(25)20-14-8-7-12-18(20)22(24)21-16(3)10-9-13-19(21)23/h7-10,12-14,17H,4-6,11,15H2,1-3H3/q+1. The Labute approximate surface area is 162 Å². The van der Waals surface area contributed by atoms with Crippen molar-refractivity contribution in [1.82, 2.24) is 0 Å². The van der Waals surface area contributed by atoms with Crippen LogP contribution in [0.2, 0.25) is 5.02 Å². The van der Waals surface area contributed by atoms with E-state index in [9.17, 15) is 9.36 Å². The van der Waals surface area contributed by atoms with Crippen LogP contribution >= 0.6 is 19.4 Å². The molecule has 0 aliphatic heterocycles. The normalized spacial score (nSPS) is 12.7. The van der Waals surface area contributed by atoms with Gasteiger partial charge in [0, 0.05) is 11.5 Å². The van der Waals surface area contributed by atoms with Crippen LogP contribution in [0.5, 0.6) is 0 Å². The Balaban J connectivity index is 2.32. The van der Waals surface area contributed by atoms with Crippen LogP contribution in [0, 0.1) is 12.8 Å². The van der Waals surface area contributed by atoms with Crippen molar-refractivity contribution in [3.05, 3.63) is 64.2 Å². The first kappa shape index (κ1) is 20.8. The van der Waals surface area contributed by atoms with Gasteiger partial charge in [-0.15, -0.1) is 0 Å².